The van der Waals surface area contributed by atoms with Crippen molar-refractivity contribution in [3.63, 3.8) is 0 Å². The molecule has 3 N–H and O–H groups in total. The van der Waals surface area contributed by atoms with E-state index in [0.717, 1.165) is 0 Å². The van der Waals surface area contributed by atoms with Crippen molar-refractivity contribution in [2.45, 2.75) is 46.1 Å². The maximum absolute atomic E-state index is 13.3. The SMILES string of the molecule is CC(C)C(O)C(C)(C)CNC(=O)C1CC(=O)Nc2cc(F)ccc21. The summed E-state index contributed by atoms with van der Waals surface area (Å²) in [5.41, 5.74) is 0.454. The van der Waals surface area contributed by atoms with Gasteiger partial charge in [0.2, 0.25) is 11.8 Å². The van der Waals surface area contributed by atoms with Crippen molar-refractivity contribution in [2.75, 3.05) is 11.9 Å². The molecular weight excluding hydrogens is 311 g/mol. The van der Waals surface area contributed by atoms with Crippen molar-refractivity contribution in [1.29, 1.82) is 0 Å². The highest BCUT2D eigenvalue weighted by molar-refractivity contribution is 6.01. The molecule has 0 saturated heterocycles. The lowest BCUT2D eigenvalue weighted by Gasteiger charge is -2.34. The Kier molecular flexibility index (Phi) is 5.28. The van der Waals surface area contributed by atoms with Crippen LogP contribution in [0.1, 0.15) is 45.6 Å². The first-order valence-corrected chi connectivity index (χ1v) is 8.17. The minimum atomic E-state index is -0.652. The lowest BCUT2D eigenvalue weighted by atomic mass is 9.80. The minimum Gasteiger partial charge on any atom is -0.392 e. The number of hydrogen-bond donors (Lipinski definition) is 3. The molecule has 2 unspecified atom stereocenters. The summed E-state index contributed by atoms with van der Waals surface area (Å²) in [6.07, 6.45) is -0.536. The summed E-state index contributed by atoms with van der Waals surface area (Å²) in [7, 11) is 0. The molecule has 0 spiro atoms. The summed E-state index contributed by atoms with van der Waals surface area (Å²) in [6, 6.07) is 4.03. The van der Waals surface area contributed by atoms with Gasteiger partial charge in [0.05, 0.1) is 12.0 Å². The zero-order valence-corrected chi connectivity index (χ0v) is 14.5. The number of rotatable bonds is 5. The molecule has 1 aliphatic heterocycles. The molecule has 1 aromatic carbocycles. The lowest BCUT2D eigenvalue weighted by Crippen LogP contribution is -2.45. The number of nitrogens with one attached hydrogen (secondary N) is 2. The van der Waals surface area contributed by atoms with Crippen molar-refractivity contribution >= 4 is 17.5 Å². The monoisotopic (exact) mass is 336 g/mol. The van der Waals surface area contributed by atoms with E-state index in [1.54, 1.807) is 0 Å². The Labute approximate surface area is 141 Å². The molecule has 1 heterocycles. The van der Waals surface area contributed by atoms with Crippen LogP contribution in [-0.2, 0) is 9.59 Å². The summed E-state index contributed by atoms with van der Waals surface area (Å²) in [5, 5.41) is 15.7. The van der Waals surface area contributed by atoms with Gasteiger partial charge in [-0.2, -0.15) is 0 Å². The van der Waals surface area contributed by atoms with E-state index in [2.05, 4.69) is 10.6 Å². The number of carbonyl (C=O) groups is 2. The van der Waals surface area contributed by atoms with Crippen LogP contribution in [0.3, 0.4) is 0 Å². The maximum atomic E-state index is 13.3. The molecule has 0 saturated carbocycles. The van der Waals surface area contributed by atoms with E-state index in [-0.39, 0.29) is 24.2 Å². The summed E-state index contributed by atoms with van der Waals surface area (Å²) in [5.74, 6) is -1.64. The average Bonchev–Trinajstić information content (AvgIpc) is 2.50. The number of anilines is 1. The van der Waals surface area contributed by atoms with Gasteiger partial charge in [-0.3, -0.25) is 9.59 Å². The van der Waals surface area contributed by atoms with Gasteiger partial charge < -0.3 is 15.7 Å². The fraction of sp³-hybridized carbons (Fsp3) is 0.556. The molecule has 0 fully saturated rings. The maximum Gasteiger partial charge on any atom is 0.228 e. The molecule has 2 amide bonds. The number of carbonyl (C=O) groups excluding carboxylic acids is 2. The van der Waals surface area contributed by atoms with E-state index in [0.29, 0.717) is 17.8 Å². The summed E-state index contributed by atoms with van der Waals surface area (Å²) >= 11 is 0. The quantitative estimate of drug-likeness (QED) is 0.773. The number of amides is 2. The van der Waals surface area contributed by atoms with E-state index >= 15 is 0 Å². The summed E-state index contributed by atoms with van der Waals surface area (Å²) in [4.78, 5) is 24.4. The smallest absolute Gasteiger partial charge is 0.228 e. The lowest BCUT2D eigenvalue weighted by molar-refractivity contribution is -0.127. The molecule has 0 aliphatic carbocycles. The first-order valence-electron chi connectivity index (χ1n) is 8.17. The van der Waals surface area contributed by atoms with Crippen molar-refractivity contribution in [3.8, 4) is 0 Å². The van der Waals surface area contributed by atoms with Crippen LogP contribution in [0, 0.1) is 17.2 Å². The number of hydrogen-bond acceptors (Lipinski definition) is 3. The molecule has 0 radical (unpaired) electrons. The molecule has 2 rings (SSSR count). The number of aliphatic hydroxyl groups is 1. The summed E-state index contributed by atoms with van der Waals surface area (Å²) in [6.45, 7) is 7.90. The van der Waals surface area contributed by atoms with Gasteiger partial charge in [0, 0.05) is 24.1 Å². The number of fused-ring (bicyclic) bond motifs is 1. The number of benzene rings is 1. The second-order valence-corrected chi connectivity index (χ2v) is 7.43. The van der Waals surface area contributed by atoms with Gasteiger partial charge in [-0.15, -0.1) is 0 Å². The minimum absolute atomic E-state index is 0.0254. The van der Waals surface area contributed by atoms with Crippen molar-refractivity contribution in [2.24, 2.45) is 11.3 Å². The third kappa shape index (κ3) is 3.93. The van der Waals surface area contributed by atoms with Crippen LogP contribution in [0.25, 0.3) is 0 Å². The van der Waals surface area contributed by atoms with E-state index < -0.39 is 23.3 Å². The molecule has 1 aromatic rings. The van der Waals surface area contributed by atoms with Crippen LogP contribution in [0.2, 0.25) is 0 Å². The van der Waals surface area contributed by atoms with Gasteiger partial charge in [-0.05, 0) is 23.6 Å². The Hall–Kier alpha value is -1.95. The highest BCUT2D eigenvalue weighted by atomic mass is 19.1. The molecule has 132 valence electrons. The molecule has 1 aliphatic rings. The Morgan fingerprint density at radius 1 is 1.46 bits per heavy atom. The fourth-order valence-electron chi connectivity index (χ4n) is 3.12. The van der Waals surface area contributed by atoms with Crippen molar-refractivity contribution in [1.82, 2.24) is 5.32 Å². The van der Waals surface area contributed by atoms with Gasteiger partial charge in [-0.25, -0.2) is 4.39 Å². The van der Waals surface area contributed by atoms with Crippen LogP contribution < -0.4 is 10.6 Å². The van der Waals surface area contributed by atoms with E-state index in [9.17, 15) is 19.1 Å². The van der Waals surface area contributed by atoms with Crippen LogP contribution in [-0.4, -0.2) is 29.6 Å². The van der Waals surface area contributed by atoms with Crippen molar-refractivity contribution in [3.05, 3.63) is 29.6 Å². The van der Waals surface area contributed by atoms with Crippen LogP contribution in [0.5, 0.6) is 0 Å². The zero-order valence-electron chi connectivity index (χ0n) is 14.5. The number of halogens is 1. The molecule has 0 bridgehead atoms. The molecule has 24 heavy (non-hydrogen) atoms. The third-order valence-electron chi connectivity index (χ3n) is 4.52. The average molecular weight is 336 g/mol. The Morgan fingerprint density at radius 2 is 2.12 bits per heavy atom. The molecule has 6 heteroatoms. The first-order chi connectivity index (χ1) is 11.1. The zero-order chi connectivity index (χ0) is 18.1. The van der Waals surface area contributed by atoms with E-state index in [1.807, 2.05) is 27.7 Å². The van der Waals surface area contributed by atoms with Crippen LogP contribution in [0.15, 0.2) is 18.2 Å². The highest BCUT2D eigenvalue weighted by Gasteiger charge is 2.34. The predicted octanol–water partition coefficient (Wildman–Crippen LogP) is 2.41. The second-order valence-electron chi connectivity index (χ2n) is 7.43. The Balaban J connectivity index is 2.12. The van der Waals surface area contributed by atoms with Gasteiger partial charge >= 0.3 is 0 Å². The molecular formula is C18H25FN2O3. The van der Waals surface area contributed by atoms with Crippen molar-refractivity contribution < 1.29 is 19.1 Å². The molecule has 5 nitrogen and oxygen atoms in total. The van der Waals surface area contributed by atoms with Gasteiger partial charge in [0.25, 0.3) is 0 Å². The van der Waals surface area contributed by atoms with Gasteiger partial charge in [-0.1, -0.05) is 33.8 Å². The highest BCUT2D eigenvalue weighted by Crippen LogP contribution is 2.33. The fourth-order valence-corrected chi connectivity index (χ4v) is 3.12. The Bertz CT molecular complexity index is 643. The first kappa shape index (κ1) is 18.4. The largest absolute Gasteiger partial charge is 0.392 e. The normalized spacial score (nSPS) is 18.8. The molecule has 2 atom stereocenters. The molecule has 0 aromatic heterocycles. The van der Waals surface area contributed by atoms with Crippen LogP contribution in [0.4, 0.5) is 10.1 Å². The Morgan fingerprint density at radius 3 is 2.75 bits per heavy atom. The topological polar surface area (TPSA) is 78.4 Å². The van der Waals surface area contributed by atoms with Crippen LogP contribution >= 0.6 is 0 Å². The standard InChI is InChI=1S/C18H25FN2O3/c1-10(2)16(23)18(3,4)9-20-17(24)13-8-15(22)21-14-7-11(19)5-6-12(13)14/h5-7,10,13,16,23H,8-9H2,1-4H3,(H,20,24)(H,21,22). The van der Waals surface area contributed by atoms with Gasteiger partial charge in [0.15, 0.2) is 0 Å². The second kappa shape index (κ2) is 6.89. The predicted molar refractivity (Wildman–Crippen MR) is 90.0 cm³/mol. The van der Waals surface area contributed by atoms with E-state index in [4.69, 9.17) is 0 Å². The third-order valence-corrected chi connectivity index (χ3v) is 4.52. The van der Waals surface area contributed by atoms with Gasteiger partial charge in [0.1, 0.15) is 5.82 Å². The van der Waals surface area contributed by atoms with E-state index in [1.165, 1.54) is 18.2 Å². The summed E-state index contributed by atoms with van der Waals surface area (Å²) < 4.78 is 13.3. The number of aliphatic hydroxyl groups excluding tert-OH is 1.